The van der Waals surface area contributed by atoms with E-state index in [2.05, 4.69) is 17.4 Å². The van der Waals surface area contributed by atoms with Crippen molar-refractivity contribution < 1.29 is 14.8 Å². The minimum atomic E-state index is -0.535. The molecular weight excluding hydrogens is 344 g/mol. The molecule has 2 aromatic rings. The molecule has 1 atom stereocenters. The highest BCUT2D eigenvalue weighted by atomic mass is 32.1. The highest BCUT2D eigenvalue weighted by Gasteiger charge is 2.22. The number of carbonyl (C=O) groups excluding carboxylic acids is 2. The zero-order valence-corrected chi connectivity index (χ0v) is 15.4. The third-order valence-electron chi connectivity index (χ3n) is 3.55. The van der Waals surface area contributed by atoms with Gasteiger partial charge >= 0.3 is 0 Å². The minimum Gasteiger partial charge on any atom is -0.351 e. The van der Waals surface area contributed by atoms with Gasteiger partial charge in [-0.05, 0) is 35.9 Å². The van der Waals surface area contributed by atoms with E-state index in [1.54, 1.807) is 28.2 Å². The van der Waals surface area contributed by atoms with Crippen molar-refractivity contribution >= 4 is 34.5 Å². The average Bonchev–Trinajstić information content (AvgIpc) is 3.22. The summed E-state index contributed by atoms with van der Waals surface area (Å²) in [5.74, 6) is -0.835. The lowest BCUT2D eigenvalue weighted by molar-refractivity contribution is -0.135. The first kappa shape index (κ1) is 18.6. The maximum Gasteiger partial charge on any atom is 0.244 e. The Balaban J connectivity index is 1.93. The fourth-order valence-corrected chi connectivity index (χ4v) is 4.25. The molecule has 0 spiro atoms. The lowest BCUT2D eigenvalue weighted by atomic mass is 9.93. The van der Waals surface area contributed by atoms with Crippen LogP contribution in [-0.2, 0) is 16.1 Å². The summed E-state index contributed by atoms with van der Waals surface area (Å²) in [5, 5.41) is 13.6. The number of nitrogens with one attached hydrogen (secondary N) is 2. The molecule has 130 valence electrons. The zero-order chi connectivity index (χ0) is 17.5. The van der Waals surface area contributed by atoms with Crippen molar-refractivity contribution in [3.63, 3.8) is 0 Å². The van der Waals surface area contributed by atoms with E-state index in [1.165, 1.54) is 9.75 Å². The second-order valence-electron chi connectivity index (χ2n) is 6.03. The summed E-state index contributed by atoms with van der Waals surface area (Å²) >= 11 is 3.34. The topological polar surface area (TPSA) is 78.4 Å². The van der Waals surface area contributed by atoms with Crippen molar-refractivity contribution in [1.29, 1.82) is 0 Å². The Bertz CT molecular complexity index is 665. The van der Waals surface area contributed by atoms with Crippen LogP contribution in [0, 0.1) is 11.8 Å². The van der Waals surface area contributed by atoms with Gasteiger partial charge in [-0.1, -0.05) is 19.9 Å². The Kier molecular flexibility index (Phi) is 6.96. The molecule has 0 fully saturated rings. The molecule has 0 saturated carbocycles. The van der Waals surface area contributed by atoms with Crippen LogP contribution >= 0.6 is 22.7 Å². The first-order valence-electron chi connectivity index (χ1n) is 7.82. The van der Waals surface area contributed by atoms with Gasteiger partial charge in [-0.25, -0.2) is 5.48 Å². The number of hydrogen-bond acceptors (Lipinski definition) is 5. The monoisotopic (exact) mass is 366 g/mol. The van der Waals surface area contributed by atoms with E-state index in [-0.39, 0.29) is 12.3 Å². The molecule has 0 aromatic carbocycles. The predicted octanol–water partition coefficient (Wildman–Crippen LogP) is 3.65. The van der Waals surface area contributed by atoms with Crippen LogP contribution in [0.15, 0.2) is 29.6 Å². The number of amides is 2. The van der Waals surface area contributed by atoms with Gasteiger partial charge < -0.3 is 5.32 Å². The molecular formula is C17H22N2O3S2. The molecule has 0 aliphatic heterocycles. The fraction of sp³-hybridized carbons (Fsp3) is 0.412. The SMILES string of the molecule is CC(C)CC(CC(=O)NO)C(=O)NCc1ccc(-c2cccs2)s1. The van der Waals surface area contributed by atoms with Crippen molar-refractivity contribution in [3.05, 3.63) is 34.5 Å². The van der Waals surface area contributed by atoms with E-state index in [4.69, 9.17) is 5.21 Å². The maximum absolute atomic E-state index is 12.4. The van der Waals surface area contributed by atoms with Crippen LogP contribution in [0.4, 0.5) is 0 Å². The van der Waals surface area contributed by atoms with Crippen LogP contribution in [0.3, 0.4) is 0 Å². The van der Waals surface area contributed by atoms with Crippen molar-refractivity contribution in [3.8, 4) is 9.75 Å². The molecule has 2 amide bonds. The Hall–Kier alpha value is -1.70. The van der Waals surface area contributed by atoms with Crippen LogP contribution in [0.5, 0.6) is 0 Å². The lowest BCUT2D eigenvalue weighted by Crippen LogP contribution is -2.34. The maximum atomic E-state index is 12.4. The van der Waals surface area contributed by atoms with E-state index in [9.17, 15) is 9.59 Å². The van der Waals surface area contributed by atoms with E-state index >= 15 is 0 Å². The quantitative estimate of drug-likeness (QED) is 0.493. The van der Waals surface area contributed by atoms with Crippen LogP contribution in [-0.4, -0.2) is 17.0 Å². The summed E-state index contributed by atoms with van der Waals surface area (Å²) in [4.78, 5) is 27.2. The minimum absolute atomic E-state index is 0.00853. The molecule has 0 saturated heterocycles. The largest absolute Gasteiger partial charge is 0.351 e. The molecule has 0 aliphatic rings. The molecule has 1 unspecified atom stereocenters. The summed E-state index contributed by atoms with van der Waals surface area (Å²) in [6, 6.07) is 8.16. The smallest absolute Gasteiger partial charge is 0.244 e. The molecule has 0 aliphatic carbocycles. The average molecular weight is 367 g/mol. The number of hydroxylamine groups is 1. The first-order chi connectivity index (χ1) is 11.5. The zero-order valence-electron chi connectivity index (χ0n) is 13.7. The molecule has 0 radical (unpaired) electrons. The third-order valence-corrected chi connectivity index (χ3v) is 5.70. The van der Waals surface area contributed by atoms with E-state index < -0.39 is 11.8 Å². The molecule has 2 heterocycles. The molecule has 7 heteroatoms. The van der Waals surface area contributed by atoms with E-state index in [0.717, 1.165) is 4.88 Å². The Morgan fingerprint density at radius 3 is 2.62 bits per heavy atom. The highest BCUT2D eigenvalue weighted by Crippen LogP contribution is 2.31. The van der Waals surface area contributed by atoms with Gasteiger partial charge in [0.15, 0.2) is 0 Å². The fourth-order valence-electron chi connectivity index (χ4n) is 2.46. The summed E-state index contributed by atoms with van der Waals surface area (Å²) in [5.41, 5.74) is 1.60. The van der Waals surface area contributed by atoms with Gasteiger partial charge in [0.1, 0.15) is 0 Å². The van der Waals surface area contributed by atoms with Crippen LogP contribution < -0.4 is 10.8 Å². The van der Waals surface area contributed by atoms with Gasteiger partial charge in [0.05, 0.1) is 6.54 Å². The molecule has 5 nitrogen and oxygen atoms in total. The number of hydrogen-bond donors (Lipinski definition) is 3. The van der Waals surface area contributed by atoms with Crippen LogP contribution in [0.2, 0.25) is 0 Å². The number of carbonyl (C=O) groups is 2. The molecule has 0 bridgehead atoms. The highest BCUT2D eigenvalue weighted by molar-refractivity contribution is 7.21. The summed E-state index contributed by atoms with van der Waals surface area (Å²) < 4.78 is 0. The van der Waals surface area contributed by atoms with Crippen molar-refractivity contribution in [2.75, 3.05) is 0 Å². The normalized spacial score (nSPS) is 12.2. The summed E-state index contributed by atoms with van der Waals surface area (Å²) in [6.45, 7) is 4.46. The Labute approximate surface area is 149 Å². The van der Waals surface area contributed by atoms with Gasteiger partial charge in [-0.3, -0.25) is 14.8 Å². The predicted molar refractivity (Wildman–Crippen MR) is 97.0 cm³/mol. The van der Waals surface area contributed by atoms with E-state index in [1.807, 2.05) is 31.4 Å². The van der Waals surface area contributed by atoms with E-state index in [0.29, 0.717) is 18.9 Å². The van der Waals surface area contributed by atoms with Gasteiger partial charge in [0.2, 0.25) is 11.8 Å². The van der Waals surface area contributed by atoms with Gasteiger partial charge in [-0.2, -0.15) is 0 Å². The Morgan fingerprint density at radius 2 is 2.00 bits per heavy atom. The van der Waals surface area contributed by atoms with Gasteiger partial charge in [0.25, 0.3) is 0 Å². The second-order valence-corrected chi connectivity index (χ2v) is 8.14. The molecule has 24 heavy (non-hydrogen) atoms. The van der Waals surface area contributed by atoms with Crippen molar-refractivity contribution in [2.24, 2.45) is 11.8 Å². The first-order valence-corrected chi connectivity index (χ1v) is 9.52. The van der Waals surface area contributed by atoms with Gasteiger partial charge in [0, 0.05) is 27.0 Å². The summed E-state index contributed by atoms with van der Waals surface area (Å²) in [6.07, 6.45) is 0.593. The third kappa shape index (κ3) is 5.43. The second kappa shape index (κ2) is 8.96. The molecule has 3 N–H and O–H groups in total. The van der Waals surface area contributed by atoms with Gasteiger partial charge in [-0.15, -0.1) is 22.7 Å². The molecule has 2 aromatic heterocycles. The lowest BCUT2D eigenvalue weighted by Gasteiger charge is -2.17. The molecule has 2 rings (SSSR count). The summed E-state index contributed by atoms with van der Waals surface area (Å²) in [7, 11) is 0. The number of thiophene rings is 2. The van der Waals surface area contributed by atoms with Crippen molar-refractivity contribution in [2.45, 2.75) is 33.2 Å². The number of rotatable bonds is 8. The van der Waals surface area contributed by atoms with Crippen LogP contribution in [0.1, 0.15) is 31.6 Å². The standard InChI is InChI=1S/C17H22N2O3S2/c1-11(2)8-12(9-16(20)19-22)17(21)18-10-13-5-6-15(24-13)14-4-3-7-23-14/h3-7,11-12,22H,8-10H2,1-2H3,(H,18,21)(H,19,20). The van der Waals surface area contributed by atoms with Crippen molar-refractivity contribution in [1.82, 2.24) is 10.8 Å². The Morgan fingerprint density at radius 1 is 1.21 bits per heavy atom. The van der Waals surface area contributed by atoms with Crippen LogP contribution in [0.25, 0.3) is 9.75 Å².